The van der Waals surface area contributed by atoms with Crippen molar-refractivity contribution in [2.75, 3.05) is 54.4 Å². The number of nitrogens with zero attached hydrogens (tertiary/aromatic N) is 3. The maximum absolute atomic E-state index is 11.4. The standard InChI is InChI=1S/C10H26N4O2S/c1-12(2)7-5-9-14(17(11,15)16)10-6-8-13(3)4/h5-10H2,1-4H3,(H2,11,15,16). The SMILES string of the molecule is CN(C)CCCN(CCCN(C)C)S(N)(=O)=O. The van der Waals surface area contributed by atoms with E-state index < -0.39 is 10.2 Å². The van der Waals surface area contributed by atoms with Gasteiger partial charge in [0.05, 0.1) is 0 Å². The van der Waals surface area contributed by atoms with Crippen LogP contribution in [-0.4, -0.2) is 76.9 Å². The van der Waals surface area contributed by atoms with E-state index in [1.165, 1.54) is 4.31 Å². The summed E-state index contributed by atoms with van der Waals surface area (Å²) in [5.74, 6) is 0. The molecule has 0 aliphatic rings. The van der Waals surface area contributed by atoms with E-state index in [1.807, 2.05) is 38.0 Å². The normalized spacial score (nSPS) is 12.9. The van der Waals surface area contributed by atoms with Crippen molar-refractivity contribution in [2.24, 2.45) is 5.14 Å². The van der Waals surface area contributed by atoms with Gasteiger partial charge < -0.3 is 9.80 Å². The van der Waals surface area contributed by atoms with Crippen LogP contribution in [0.4, 0.5) is 0 Å². The van der Waals surface area contributed by atoms with Crippen molar-refractivity contribution < 1.29 is 8.42 Å². The quantitative estimate of drug-likeness (QED) is 0.605. The molecule has 0 aliphatic carbocycles. The molecule has 0 amide bonds. The summed E-state index contributed by atoms with van der Waals surface area (Å²) in [6.07, 6.45) is 1.59. The molecule has 0 aliphatic heterocycles. The maximum Gasteiger partial charge on any atom is 0.276 e. The van der Waals surface area contributed by atoms with Crippen molar-refractivity contribution >= 4 is 10.2 Å². The predicted octanol–water partition coefficient (Wildman–Crippen LogP) is -0.605. The predicted molar refractivity (Wildman–Crippen MR) is 71.0 cm³/mol. The Morgan fingerprint density at radius 1 is 0.824 bits per heavy atom. The summed E-state index contributed by atoms with van der Waals surface area (Å²) in [6.45, 7) is 2.70. The summed E-state index contributed by atoms with van der Waals surface area (Å²) >= 11 is 0. The molecule has 0 aromatic rings. The highest BCUT2D eigenvalue weighted by Crippen LogP contribution is 2.00. The molecule has 7 heteroatoms. The van der Waals surface area contributed by atoms with Crippen molar-refractivity contribution in [1.82, 2.24) is 14.1 Å². The molecule has 104 valence electrons. The average Bonchev–Trinajstić information content (AvgIpc) is 2.12. The fraction of sp³-hybridized carbons (Fsp3) is 1.00. The van der Waals surface area contributed by atoms with Gasteiger partial charge in [-0.1, -0.05) is 0 Å². The topological polar surface area (TPSA) is 69.9 Å². The van der Waals surface area contributed by atoms with Crippen molar-refractivity contribution in [3.8, 4) is 0 Å². The lowest BCUT2D eigenvalue weighted by Crippen LogP contribution is -2.39. The van der Waals surface area contributed by atoms with Crippen LogP contribution in [0.25, 0.3) is 0 Å². The zero-order chi connectivity index (χ0) is 13.5. The molecule has 0 spiro atoms. The molecule has 0 rings (SSSR count). The molecular formula is C10H26N4O2S. The molecule has 17 heavy (non-hydrogen) atoms. The van der Waals surface area contributed by atoms with E-state index in [9.17, 15) is 8.42 Å². The monoisotopic (exact) mass is 266 g/mol. The first kappa shape index (κ1) is 16.8. The Kier molecular flexibility index (Phi) is 7.89. The molecule has 0 fully saturated rings. The summed E-state index contributed by atoms with van der Waals surface area (Å²) in [6, 6.07) is 0. The Bertz CT molecular complexity index is 277. The molecule has 0 radical (unpaired) electrons. The Balaban J connectivity index is 4.08. The van der Waals surface area contributed by atoms with E-state index in [0.29, 0.717) is 13.1 Å². The zero-order valence-corrected chi connectivity index (χ0v) is 12.2. The van der Waals surface area contributed by atoms with Gasteiger partial charge in [-0.05, 0) is 54.1 Å². The van der Waals surface area contributed by atoms with Crippen molar-refractivity contribution in [2.45, 2.75) is 12.8 Å². The first-order chi connectivity index (χ1) is 7.73. The van der Waals surface area contributed by atoms with E-state index in [4.69, 9.17) is 5.14 Å². The molecule has 0 saturated heterocycles. The van der Waals surface area contributed by atoms with Crippen LogP contribution in [0.3, 0.4) is 0 Å². The molecule has 0 aromatic carbocycles. The zero-order valence-electron chi connectivity index (χ0n) is 11.4. The van der Waals surface area contributed by atoms with E-state index in [-0.39, 0.29) is 0 Å². The minimum atomic E-state index is -3.56. The highest BCUT2D eigenvalue weighted by molar-refractivity contribution is 7.86. The van der Waals surface area contributed by atoms with Crippen LogP contribution >= 0.6 is 0 Å². The average molecular weight is 266 g/mol. The van der Waals surface area contributed by atoms with Crippen molar-refractivity contribution in [3.05, 3.63) is 0 Å². The van der Waals surface area contributed by atoms with Crippen LogP contribution in [0, 0.1) is 0 Å². The highest BCUT2D eigenvalue weighted by Gasteiger charge is 2.16. The van der Waals surface area contributed by atoms with Crippen molar-refractivity contribution in [1.29, 1.82) is 0 Å². The molecule has 0 heterocycles. The minimum Gasteiger partial charge on any atom is -0.309 e. The van der Waals surface area contributed by atoms with Crippen LogP contribution in [0.15, 0.2) is 0 Å². The second kappa shape index (κ2) is 7.99. The van der Waals surface area contributed by atoms with Crippen LogP contribution in [0.2, 0.25) is 0 Å². The first-order valence-electron chi connectivity index (χ1n) is 5.81. The summed E-state index contributed by atoms with van der Waals surface area (Å²) in [7, 11) is 4.30. The summed E-state index contributed by atoms with van der Waals surface area (Å²) < 4.78 is 24.1. The summed E-state index contributed by atoms with van der Waals surface area (Å²) in [5, 5.41) is 5.18. The Morgan fingerprint density at radius 2 is 1.18 bits per heavy atom. The van der Waals surface area contributed by atoms with Gasteiger partial charge in [0.1, 0.15) is 0 Å². The lowest BCUT2D eigenvalue weighted by Gasteiger charge is -2.21. The number of rotatable bonds is 9. The molecule has 0 saturated carbocycles. The fourth-order valence-electron chi connectivity index (χ4n) is 1.49. The third-order valence-corrected chi connectivity index (χ3v) is 3.47. The largest absolute Gasteiger partial charge is 0.309 e. The smallest absolute Gasteiger partial charge is 0.276 e. The van der Waals surface area contributed by atoms with E-state index in [0.717, 1.165) is 25.9 Å². The lowest BCUT2D eigenvalue weighted by atomic mass is 10.3. The summed E-state index contributed by atoms with van der Waals surface area (Å²) in [4.78, 5) is 4.06. The fourth-order valence-corrected chi connectivity index (χ4v) is 2.26. The molecule has 6 nitrogen and oxygen atoms in total. The lowest BCUT2D eigenvalue weighted by molar-refractivity contribution is 0.327. The van der Waals surface area contributed by atoms with Gasteiger partial charge in [0.2, 0.25) is 0 Å². The highest BCUT2D eigenvalue weighted by atomic mass is 32.2. The van der Waals surface area contributed by atoms with Gasteiger partial charge >= 0.3 is 0 Å². The third-order valence-electron chi connectivity index (χ3n) is 2.39. The number of nitrogens with two attached hydrogens (primary N) is 1. The van der Waals surface area contributed by atoms with E-state index in [1.54, 1.807) is 0 Å². The van der Waals surface area contributed by atoms with Gasteiger partial charge in [-0.15, -0.1) is 0 Å². The van der Waals surface area contributed by atoms with Gasteiger partial charge in [-0.3, -0.25) is 0 Å². The van der Waals surface area contributed by atoms with Crippen LogP contribution in [0.5, 0.6) is 0 Å². The minimum absolute atomic E-state index is 0.491. The van der Waals surface area contributed by atoms with E-state index >= 15 is 0 Å². The molecule has 0 atom stereocenters. The van der Waals surface area contributed by atoms with E-state index in [2.05, 4.69) is 0 Å². The molecular weight excluding hydrogens is 240 g/mol. The Morgan fingerprint density at radius 3 is 1.41 bits per heavy atom. The molecule has 0 bridgehead atoms. The van der Waals surface area contributed by atoms with Gasteiger partial charge in [-0.25, -0.2) is 5.14 Å². The van der Waals surface area contributed by atoms with Gasteiger partial charge in [0.25, 0.3) is 10.2 Å². The van der Waals surface area contributed by atoms with Crippen LogP contribution < -0.4 is 5.14 Å². The first-order valence-corrected chi connectivity index (χ1v) is 7.31. The van der Waals surface area contributed by atoms with Crippen LogP contribution in [-0.2, 0) is 10.2 Å². The summed E-state index contributed by atoms with van der Waals surface area (Å²) in [5.41, 5.74) is 0. The van der Waals surface area contributed by atoms with Gasteiger partial charge in [0, 0.05) is 13.1 Å². The van der Waals surface area contributed by atoms with Gasteiger partial charge in [-0.2, -0.15) is 12.7 Å². The van der Waals surface area contributed by atoms with Crippen LogP contribution in [0.1, 0.15) is 12.8 Å². The van der Waals surface area contributed by atoms with Crippen molar-refractivity contribution in [3.63, 3.8) is 0 Å². The van der Waals surface area contributed by atoms with Gasteiger partial charge in [0.15, 0.2) is 0 Å². The molecule has 0 unspecified atom stereocenters. The third kappa shape index (κ3) is 9.49. The second-order valence-electron chi connectivity index (χ2n) is 4.76. The Hall–Kier alpha value is -0.210. The number of hydrogen-bond donors (Lipinski definition) is 1. The molecule has 2 N–H and O–H groups in total. The Labute approximate surface area is 106 Å². The second-order valence-corrected chi connectivity index (χ2v) is 6.30. The molecule has 0 aromatic heterocycles. The maximum atomic E-state index is 11.4. The number of hydrogen-bond acceptors (Lipinski definition) is 4.